The van der Waals surface area contributed by atoms with Crippen molar-refractivity contribution in [2.75, 3.05) is 6.54 Å². The molecule has 0 heterocycles. The fraction of sp³-hybridized carbons (Fsp3) is 0.483. The van der Waals surface area contributed by atoms with Gasteiger partial charge in [0.2, 0.25) is 0 Å². The number of quaternary nitrogens is 1. The Morgan fingerprint density at radius 1 is 0.789 bits per heavy atom. The number of amides is 2. The number of carbonyl (C=O) groups excluding carboxylic acids is 2. The van der Waals surface area contributed by atoms with Crippen molar-refractivity contribution in [1.29, 1.82) is 0 Å². The van der Waals surface area contributed by atoms with Crippen LogP contribution in [0.25, 0.3) is 0 Å². The van der Waals surface area contributed by atoms with Crippen LogP contribution in [0.3, 0.4) is 0 Å². The van der Waals surface area contributed by atoms with Crippen LogP contribution in [-0.2, 0) is 22.7 Å². The standard InChI is InChI=1S/C29H41N3O6/c1-2-3-4-5-6-7-8-9-10-11-20-30-27(33)25-16-12-23(13-17-25)21-31(28(34)29(35)36)22-24-14-18-26(19-15-24)32(37)38/h12-19,32,37H,2-11,20-22H2,1H3,(H,30,33)(H,35,36). The van der Waals surface area contributed by atoms with Gasteiger partial charge in [-0.2, -0.15) is 5.23 Å². The van der Waals surface area contributed by atoms with E-state index in [9.17, 15) is 24.7 Å². The normalized spacial score (nSPS) is 11.7. The lowest BCUT2D eigenvalue weighted by molar-refractivity contribution is -0.991. The van der Waals surface area contributed by atoms with Gasteiger partial charge in [0.05, 0.1) is 0 Å². The van der Waals surface area contributed by atoms with Crippen LogP contribution in [0.1, 0.15) is 92.6 Å². The minimum atomic E-state index is -1.57. The van der Waals surface area contributed by atoms with Gasteiger partial charge in [-0.15, -0.1) is 0 Å². The van der Waals surface area contributed by atoms with Gasteiger partial charge in [0.15, 0.2) is 5.69 Å². The largest absolute Gasteiger partial charge is 0.595 e. The van der Waals surface area contributed by atoms with Crippen molar-refractivity contribution < 1.29 is 29.9 Å². The summed E-state index contributed by atoms with van der Waals surface area (Å²) in [6.07, 6.45) is 12.4. The zero-order chi connectivity index (χ0) is 27.8. The van der Waals surface area contributed by atoms with Gasteiger partial charge >= 0.3 is 11.9 Å². The van der Waals surface area contributed by atoms with Gasteiger partial charge < -0.3 is 20.5 Å². The molecule has 1 atom stereocenters. The van der Waals surface area contributed by atoms with Crippen molar-refractivity contribution in [1.82, 2.24) is 10.2 Å². The fourth-order valence-corrected chi connectivity index (χ4v) is 4.21. The molecule has 0 spiro atoms. The number of unbranched alkanes of at least 4 members (excludes halogenated alkanes) is 9. The van der Waals surface area contributed by atoms with E-state index < -0.39 is 17.1 Å². The zero-order valence-corrected chi connectivity index (χ0v) is 22.3. The third-order valence-electron chi connectivity index (χ3n) is 6.45. The third kappa shape index (κ3) is 11.4. The van der Waals surface area contributed by atoms with Gasteiger partial charge in [0.1, 0.15) is 0 Å². The summed E-state index contributed by atoms with van der Waals surface area (Å²) in [5.74, 6) is -2.80. The molecule has 2 aromatic rings. The highest BCUT2D eigenvalue weighted by Crippen LogP contribution is 2.14. The van der Waals surface area contributed by atoms with E-state index in [0.29, 0.717) is 23.2 Å². The predicted molar refractivity (Wildman–Crippen MR) is 145 cm³/mol. The minimum Gasteiger partial charge on any atom is -0.595 e. The van der Waals surface area contributed by atoms with Crippen LogP contribution in [0.4, 0.5) is 5.69 Å². The quantitative estimate of drug-likeness (QED) is 0.137. The van der Waals surface area contributed by atoms with Crippen LogP contribution < -0.4 is 10.5 Å². The summed E-state index contributed by atoms with van der Waals surface area (Å²) < 4.78 is 0. The smallest absolute Gasteiger partial charge is 0.394 e. The number of nitrogens with zero attached hydrogens (tertiary/aromatic N) is 1. The first-order valence-electron chi connectivity index (χ1n) is 13.5. The molecule has 0 aliphatic rings. The van der Waals surface area contributed by atoms with Gasteiger partial charge in [-0.05, 0) is 29.7 Å². The maximum Gasteiger partial charge on any atom is 0.394 e. The summed E-state index contributed by atoms with van der Waals surface area (Å²) in [6, 6.07) is 12.6. The Morgan fingerprint density at radius 2 is 1.26 bits per heavy atom. The summed E-state index contributed by atoms with van der Waals surface area (Å²) >= 11 is 0. The molecule has 9 nitrogen and oxygen atoms in total. The number of carboxylic acid groups (broad SMARTS) is 1. The predicted octanol–water partition coefficient (Wildman–Crippen LogP) is 4.35. The molecule has 0 aliphatic heterocycles. The Morgan fingerprint density at radius 3 is 1.74 bits per heavy atom. The molecule has 1 unspecified atom stereocenters. The van der Waals surface area contributed by atoms with Crippen molar-refractivity contribution >= 4 is 23.5 Å². The maximum absolute atomic E-state index is 12.5. The molecule has 9 heteroatoms. The molecule has 2 rings (SSSR count). The van der Waals surface area contributed by atoms with Gasteiger partial charge in [-0.1, -0.05) is 89.0 Å². The number of nitrogens with one attached hydrogen (secondary N) is 2. The first-order valence-corrected chi connectivity index (χ1v) is 13.5. The zero-order valence-electron chi connectivity index (χ0n) is 22.3. The van der Waals surface area contributed by atoms with Crippen LogP contribution in [0.2, 0.25) is 0 Å². The number of rotatable bonds is 17. The Labute approximate surface area is 225 Å². The molecule has 38 heavy (non-hydrogen) atoms. The van der Waals surface area contributed by atoms with Crippen molar-refractivity contribution in [3.8, 4) is 0 Å². The number of benzene rings is 2. The molecule has 2 aromatic carbocycles. The molecule has 208 valence electrons. The van der Waals surface area contributed by atoms with Crippen LogP contribution in [0.5, 0.6) is 0 Å². The Hall–Kier alpha value is -3.27. The highest BCUT2D eigenvalue weighted by molar-refractivity contribution is 6.31. The van der Waals surface area contributed by atoms with Gasteiger partial charge in [0, 0.05) is 37.3 Å². The van der Waals surface area contributed by atoms with Gasteiger partial charge in [0.25, 0.3) is 5.91 Å². The Bertz CT molecular complexity index is 992. The third-order valence-corrected chi connectivity index (χ3v) is 6.45. The average molecular weight is 528 g/mol. The molecule has 0 bridgehead atoms. The van der Waals surface area contributed by atoms with E-state index in [-0.39, 0.29) is 24.7 Å². The number of hydrogen-bond acceptors (Lipinski definition) is 5. The second kappa shape index (κ2) is 17.3. The topological polar surface area (TPSA) is 134 Å². The van der Waals surface area contributed by atoms with E-state index in [1.807, 2.05) is 0 Å². The summed E-state index contributed by atoms with van der Waals surface area (Å²) in [7, 11) is 0. The second-order valence-corrected chi connectivity index (χ2v) is 9.60. The second-order valence-electron chi connectivity index (χ2n) is 9.60. The lowest BCUT2D eigenvalue weighted by Crippen LogP contribution is -2.99. The summed E-state index contributed by atoms with van der Waals surface area (Å²) in [6.45, 7) is 2.89. The molecule has 0 fully saturated rings. The van der Waals surface area contributed by atoms with E-state index >= 15 is 0 Å². The lowest BCUT2D eigenvalue weighted by Gasteiger charge is -2.21. The van der Waals surface area contributed by atoms with Crippen LogP contribution in [0.15, 0.2) is 48.5 Å². The maximum atomic E-state index is 12.5. The number of hydrogen-bond donors (Lipinski definition) is 4. The van der Waals surface area contributed by atoms with Crippen LogP contribution >= 0.6 is 0 Å². The molecule has 2 amide bonds. The number of carboxylic acids is 1. The number of carbonyl (C=O) groups is 3. The van der Waals surface area contributed by atoms with E-state index in [2.05, 4.69) is 12.2 Å². The minimum absolute atomic E-state index is 0.00608. The Balaban J connectivity index is 1.78. The molecular formula is C29H41N3O6. The number of aliphatic carboxylic acids is 1. The molecule has 0 aliphatic carbocycles. The highest BCUT2D eigenvalue weighted by Gasteiger charge is 2.22. The van der Waals surface area contributed by atoms with Crippen LogP contribution in [0, 0.1) is 5.21 Å². The summed E-state index contributed by atoms with van der Waals surface area (Å²) in [5, 5.41) is 31.2. The van der Waals surface area contributed by atoms with Gasteiger partial charge in [-0.3, -0.25) is 9.59 Å². The summed E-state index contributed by atoms with van der Waals surface area (Å²) in [4.78, 5) is 37.2. The highest BCUT2D eigenvalue weighted by atomic mass is 16.8. The monoisotopic (exact) mass is 527 g/mol. The lowest BCUT2D eigenvalue weighted by atomic mass is 10.1. The van der Waals surface area contributed by atoms with Crippen molar-refractivity contribution in [3.05, 3.63) is 70.4 Å². The van der Waals surface area contributed by atoms with Crippen molar-refractivity contribution in [2.24, 2.45) is 0 Å². The fourth-order valence-electron chi connectivity index (χ4n) is 4.21. The molecular weight excluding hydrogens is 486 g/mol. The van der Waals surface area contributed by atoms with E-state index in [4.69, 9.17) is 5.21 Å². The van der Waals surface area contributed by atoms with E-state index in [1.165, 1.54) is 68.4 Å². The van der Waals surface area contributed by atoms with Crippen LogP contribution in [-0.4, -0.2) is 39.5 Å². The molecule has 0 aromatic heterocycles. The van der Waals surface area contributed by atoms with E-state index in [0.717, 1.165) is 12.8 Å². The molecule has 0 saturated carbocycles. The average Bonchev–Trinajstić information content (AvgIpc) is 2.91. The van der Waals surface area contributed by atoms with E-state index in [1.54, 1.807) is 36.4 Å². The molecule has 0 saturated heterocycles. The molecule has 4 N–H and O–H groups in total. The summed E-state index contributed by atoms with van der Waals surface area (Å²) in [5.41, 5.74) is 1.88. The Kier molecular flexibility index (Phi) is 14.1. The molecule has 0 radical (unpaired) electrons. The first kappa shape index (κ1) is 31.0. The SMILES string of the molecule is CCCCCCCCCCCCNC(=O)c1ccc(CN(Cc2ccc([NH+]([O-])O)cc2)C(=O)C(=O)O)cc1. The first-order chi connectivity index (χ1) is 18.3. The van der Waals surface area contributed by atoms with Gasteiger partial charge in [-0.25, -0.2) is 10.0 Å². The van der Waals surface area contributed by atoms with Crippen molar-refractivity contribution in [2.45, 2.75) is 84.2 Å². The van der Waals surface area contributed by atoms with Crippen molar-refractivity contribution in [3.63, 3.8) is 0 Å².